The summed E-state index contributed by atoms with van der Waals surface area (Å²) in [5, 5.41) is 6.45. The number of carbonyl (C=O) groups excluding carboxylic acids is 3. The highest BCUT2D eigenvalue weighted by atomic mass is 32.1. The molecule has 1 amide bonds. The van der Waals surface area contributed by atoms with E-state index in [1.807, 2.05) is 0 Å². The van der Waals surface area contributed by atoms with Gasteiger partial charge in [-0.3, -0.25) is 4.79 Å². The maximum Gasteiger partial charge on any atom is 0.341 e. The van der Waals surface area contributed by atoms with Gasteiger partial charge in [-0.2, -0.15) is 0 Å². The minimum atomic E-state index is -0.380. The third-order valence-corrected chi connectivity index (χ3v) is 5.96. The van der Waals surface area contributed by atoms with Crippen LogP contribution in [0.4, 0.5) is 10.7 Å². The Hall–Kier alpha value is -2.87. The van der Waals surface area contributed by atoms with Crippen LogP contribution >= 0.6 is 11.3 Å². The molecule has 2 N–H and O–H groups in total. The molecule has 0 atom stereocenters. The number of hydrogen-bond donors (Lipinski definition) is 2. The molecule has 0 radical (unpaired) electrons. The number of hydrogen-bond acceptors (Lipinski definition) is 7. The maximum atomic E-state index is 12.5. The Morgan fingerprint density at radius 3 is 2.33 bits per heavy atom. The number of aryl methyl sites for hydroxylation is 1. The first-order chi connectivity index (χ1) is 14.5. The molecule has 1 aromatic carbocycles. The predicted molar refractivity (Wildman–Crippen MR) is 116 cm³/mol. The van der Waals surface area contributed by atoms with Gasteiger partial charge in [-0.1, -0.05) is 0 Å². The Morgan fingerprint density at radius 1 is 0.967 bits per heavy atom. The molecule has 160 valence electrons. The molecule has 1 aromatic heterocycles. The Labute approximate surface area is 179 Å². The Morgan fingerprint density at radius 2 is 1.63 bits per heavy atom. The number of anilines is 2. The van der Waals surface area contributed by atoms with Gasteiger partial charge in [-0.05, 0) is 69.4 Å². The van der Waals surface area contributed by atoms with E-state index in [0.717, 1.165) is 36.1 Å². The second-order valence-electron chi connectivity index (χ2n) is 6.84. The summed E-state index contributed by atoms with van der Waals surface area (Å²) in [5.41, 5.74) is 2.68. The standard InChI is InChI=1S/C22H26N2O5S/c1-3-28-21(26)14-9-11-15(12-10-14)23-13-18(25)24-20-19(22(27)29-4-2)16-7-5-6-8-17(16)30-20/h9-12,23H,3-8,13H2,1-2H3,(H,24,25). The highest BCUT2D eigenvalue weighted by molar-refractivity contribution is 7.17. The van der Waals surface area contributed by atoms with Crippen LogP contribution in [0.25, 0.3) is 0 Å². The summed E-state index contributed by atoms with van der Waals surface area (Å²) in [6.45, 7) is 4.17. The molecule has 8 heteroatoms. The summed E-state index contributed by atoms with van der Waals surface area (Å²) in [5.74, 6) is -1.02. The van der Waals surface area contributed by atoms with Gasteiger partial charge in [0.1, 0.15) is 5.00 Å². The largest absolute Gasteiger partial charge is 0.462 e. The number of amides is 1. The number of nitrogens with one attached hydrogen (secondary N) is 2. The molecule has 0 saturated carbocycles. The van der Waals surface area contributed by atoms with Crippen molar-refractivity contribution in [1.29, 1.82) is 0 Å². The van der Waals surface area contributed by atoms with Crippen molar-refractivity contribution < 1.29 is 23.9 Å². The minimum absolute atomic E-state index is 0.0313. The van der Waals surface area contributed by atoms with Crippen LogP contribution in [-0.2, 0) is 27.1 Å². The van der Waals surface area contributed by atoms with Crippen LogP contribution in [0.2, 0.25) is 0 Å². The fourth-order valence-electron chi connectivity index (χ4n) is 3.36. The van der Waals surface area contributed by atoms with Gasteiger partial charge in [0, 0.05) is 10.6 Å². The van der Waals surface area contributed by atoms with Crippen molar-refractivity contribution in [3.05, 3.63) is 45.8 Å². The normalized spacial score (nSPS) is 12.6. The Balaban J connectivity index is 1.64. The maximum absolute atomic E-state index is 12.5. The van der Waals surface area contributed by atoms with E-state index >= 15 is 0 Å². The lowest BCUT2D eigenvalue weighted by Crippen LogP contribution is -2.22. The molecule has 0 spiro atoms. The van der Waals surface area contributed by atoms with Gasteiger partial charge in [-0.25, -0.2) is 9.59 Å². The molecular formula is C22H26N2O5S. The quantitative estimate of drug-likeness (QED) is 0.614. The zero-order chi connectivity index (χ0) is 21.5. The second-order valence-corrected chi connectivity index (χ2v) is 7.94. The molecule has 7 nitrogen and oxygen atoms in total. The van der Waals surface area contributed by atoms with Gasteiger partial charge in [0.15, 0.2) is 0 Å². The zero-order valence-corrected chi connectivity index (χ0v) is 18.0. The molecule has 0 unspecified atom stereocenters. The zero-order valence-electron chi connectivity index (χ0n) is 17.2. The minimum Gasteiger partial charge on any atom is -0.462 e. The lowest BCUT2D eigenvalue weighted by molar-refractivity contribution is -0.114. The molecule has 2 aromatic rings. The van der Waals surface area contributed by atoms with E-state index in [1.54, 1.807) is 38.1 Å². The average molecular weight is 431 g/mol. The number of esters is 2. The van der Waals surface area contributed by atoms with Gasteiger partial charge >= 0.3 is 11.9 Å². The molecule has 1 aliphatic carbocycles. The summed E-state index contributed by atoms with van der Waals surface area (Å²) in [7, 11) is 0. The summed E-state index contributed by atoms with van der Waals surface area (Å²) in [6, 6.07) is 6.72. The van der Waals surface area contributed by atoms with Crippen molar-refractivity contribution in [2.24, 2.45) is 0 Å². The van der Waals surface area contributed by atoms with Crippen molar-refractivity contribution in [2.45, 2.75) is 39.5 Å². The van der Waals surface area contributed by atoms with Crippen molar-refractivity contribution in [3.8, 4) is 0 Å². The first-order valence-electron chi connectivity index (χ1n) is 10.2. The van der Waals surface area contributed by atoms with Crippen LogP contribution in [-0.4, -0.2) is 37.6 Å². The fourth-order valence-corrected chi connectivity index (χ4v) is 4.66. The number of rotatable bonds is 8. The summed E-state index contributed by atoms with van der Waals surface area (Å²) in [4.78, 5) is 37.8. The van der Waals surface area contributed by atoms with Gasteiger partial charge < -0.3 is 20.1 Å². The van der Waals surface area contributed by atoms with Gasteiger partial charge in [0.25, 0.3) is 0 Å². The molecule has 30 heavy (non-hydrogen) atoms. The van der Waals surface area contributed by atoms with E-state index in [1.165, 1.54) is 11.3 Å². The van der Waals surface area contributed by atoms with Crippen LogP contribution in [0.15, 0.2) is 24.3 Å². The first kappa shape index (κ1) is 21.8. The summed E-state index contributed by atoms with van der Waals surface area (Å²) in [6.07, 6.45) is 3.88. The van der Waals surface area contributed by atoms with Gasteiger partial charge in [-0.15, -0.1) is 11.3 Å². The topological polar surface area (TPSA) is 93.7 Å². The van der Waals surface area contributed by atoms with E-state index in [2.05, 4.69) is 10.6 Å². The van der Waals surface area contributed by atoms with E-state index in [0.29, 0.717) is 35.0 Å². The number of carbonyl (C=O) groups is 3. The molecular weight excluding hydrogens is 404 g/mol. The van der Waals surface area contributed by atoms with E-state index in [4.69, 9.17) is 9.47 Å². The third-order valence-electron chi connectivity index (χ3n) is 4.75. The van der Waals surface area contributed by atoms with E-state index < -0.39 is 0 Å². The van der Waals surface area contributed by atoms with Crippen LogP contribution in [0.5, 0.6) is 0 Å². The predicted octanol–water partition coefficient (Wildman–Crippen LogP) is 4.03. The van der Waals surface area contributed by atoms with Crippen molar-refractivity contribution in [3.63, 3.8) is 0 Å². The Kier molecular flexibility index (Phi) is 7.46. The first-order valence-corrected chi connectivity index (χ1v) is 11.0. The molecule has 0 bridgehead atoms. The highest BCUT2D eigenvalue weighted by Gasteiger charge is 2.27. The molecule has 1 aliphatic rings. The highest BCUT2D eigenvalue weighted by Crippen LogP contribution is 2.38. The number of fused-ring (bicyclic) bond motifs is 1. The Bertz CT molecular complexity index is 920. The smallest absolute Gasteiger partial charge is 0.341 e. The number of thiophene rings is 1. The van der Waals surface area contributed by atoms with Gasteiger partial charge in [0.05, 0.1) is 30.9 Å². The van der Waals surface area contributed by atoms with E-state index in [9.17, 15) is 14.4 Å². The van der Waals surface area contributed by atoms with Crippen LogP contribution in [0, 0.1) is 0 Å². The number of ether oxygens (including phenoxy) is 2. The third kappa shape index (κ3) is 5.18. The van der Waals surface area contributed by atoms with Crippen LogP contribution in [0.3, 0.4) is 0 Å². The van der Waals surface area contributed by atoms with Crippen molar-refractivity contribution >= 4 is 39.9 Å². The monoisotopic (exact) mass is 430 g/mol. The van der Waals surface area contributed by atoms with Crippen LogP contribution in [0.1, 0.15) is 57.8 Å². The number of benzene rings is 1. The summed E-state index contributed by atoms with van der Waals surface area (Å²) < 4.78 is 10.2. The average Bonchev–Trinajstić information content (AvgIpc) is 3.10. The molecule has 0 fully saturated rings. The van der Waals surface area contributed by atoms with E-state index in [-0.39, 0.29) is 24.4 Å². The fraction of sp³-hybridized carbons (Fsp3) is 0.409. The lowest BCUT2D eigenvalue weighted by Gasteiger charge is -2.12. The van der Waals surface area contributed by atoms with Crippen LogP contribution < -0.4 is 10.6 Å². The SMILES string of the molecule is CCOC(=O)c1ccc(NCC(=O)Nc2sc3c(c2C(=O)OCC)CCCC3)cc1. The second kappa shape index (κ2) is 10.2. The molecule has 3 rings (SSSR count). The van der Waals surface area contributed by atoms with Crippen molar-refractivity contribution in [2.75, 3.05) is 30.4 Å². The molecule has 1 heterocycles. The van der Waals surface area contributed by atoms with Gasteiger partial charge in [0.2, 0.25) is 5.91 Å². The molecule has 0 aliphatic heterocycles. The summed E-state index contributed by atoms with van der Waals surface area (Å²) >= 11 is 1.46. The lowest BCUT2D eigenvalue weighted by atomic mass is 9.95. The van der Waals surface area contributed by atoms with Crippen molar-refractivity contribution in [1.82, 2.24) is 0 Å². The molecule has 0 saturated heterocycles.